The van der Waals surface area contributed by atoms with Crippen molar-refractivity contribution in [1.82, 2.24) is 0 Å². The van der Waals surface area contributed by atoms with E-state index < -0.39 is 12.3 Å². The Bertz CT molecular complexity index is 602. The van der Waals surface area contributed by atoms with Crippen molar-refractivity contribution in [3.05, 3.63) is 0 Å². The van der Waals surface area contributed by atoms with Gasteiger partial charge in [-0.2, -0.15) is 0 Å². The molecule has 170 valence electrons. The number of hydrogen-bond donors (Lipinski definition) is 0. The molecule has 0 aromatic carbocycles. The van der Waals surface area contributed by atoms with Gasteiger partial charge in [-0.15, -0.1) is 0 Å². The van der Waals surface area contributed by atoms with Crippen LogP contribution in [0.3, 0.4) is 0 Å². The van der Waals surface area contributed by atoms with E-state index in [-0.39, 0.29) is 24.4 Å². The molecule has 2 heterocycles. The number of rotatable bonds is 7. The van der Waals surface area contributed by atoms with Gasteiger partial charge < -0.3 is 28.4 Å². The molecule has 0 aromatic heterocycles. The second-order valence-electron chi connectivity index (χ2n) is 9.45. The molecule has 4 atom stereocenters. The van der Waals surface area contributed by atoms with E-state index in [2.05, 4.69) is 6.92 Å². The molecular weight excluding hydrogens is 392 g/mol. The van der Waals surface area contributed by atoms with Gasteiger partial charge in [-0.1, -0.05) is 13.3 Å². The lowest BCUT2D eigenvalue weighted by Gasteiger charge is -2.41. The summed E-state index contributed by atoms with van der Waals surface area (Å²) in [6.45, 7) is 3.90. The Morgan fingerprint density at radius 3 is 1.90 bits per heavy atom. The van der Waals surface area contributed by atoms with Crippen LogP contribution in [0.5, 0.6) is 0 Å². The molecule has 0 spiro atoms. The number of carbonyl (C=O) groups excluding carboxylic acids is 2. The highest BCUT2D eigenvalue weighted by atomic mass is 16.8. The van der Waals surface area contributed by atoms with E-state index in [0.717, 1.165) is 25.7 Å². The highest BCUT2D eigenvalue weighted by Crippen LogP contribution is 2.47. The summed E-state index contributed by atoms with van der Waals surface area (Å²) < 4.78 is 31.8. The molecule has 0 radical (unpaired) electrons. The van der Waals surface area contributed by atoms with Crippen LogP contribution in [0.4, 0.5) is 9.59 Å². The van der Waals surface area contributed by atoms with Crippen LogP contribution in [0.25, 0.3) is 0 Å². The quantitative estimate of drug-likeness (QED) is 0.446. The van der Waals surface area contributed by atoms with Crippen LogP contribution < -0.4 is 0 Å². The molecular formula is C22H34O8. The van der Waals surface area contributed by atoms with Crippen molar-refractivity contribution in [2.45, 2.75) is 89.1 Å². The zero-order valence-electron chi connectivity index (χ0n) is 17.8. The van der Waals surface area contributed by atoms with Gasteiger partial charge in [-0.05, 0) is 62.7 Å². The Morgan fingerprint density at radius 2 is 1.37 bits per heavy atom. The summed E-state index contributed by atoms with van der Waals surface area (Å²) in [4.78, 5) is 22.0. The SMILES string of the molecule is CC1(C2CCC(OCC3COC(=O)O3)CC2)CCCC(OCC2COC(=O)O2)CC1. The van der Waals surface area contributed by atoms with E-state index in [1.807, 2.05) is 0 Å². The van der Waals surface area contributed by atoms with E-state index in [4.69, 9.17) is 28.4 Å². The van der Waals surface area contributed by atoms with Crippen LogP contribution in [-0.2, 0) is 28.4 Å². The van der Waals surface area contributed by atoms with Crippen LogP contribution in [0.1, 0.15) is 64.7 Å². The van der Waals surface area contributed by atoms with Gasteiger partial charge in [-0.3, -0.25) is 0 Å². The van der Waals surface area contributed by atoms with Gasteiger partial charge in [0.05, 0.1) is 25.4 Å². The molecule has 0 amide bonds. The zero-order chi connectivity index (χ0) is 21.0. The lowest BCUT2D eigenvalue weighted by atomic mass is 9.65. The van der Waals surface area contributed by atoms with Crippen molar-refractivity contribution in [2.75, 3.05) is 26.4 Å². The van der Waals surface area contributed by atoms with Crippen molar-refractivity contribution in [3.63, 3.8) is 0 Å². The van der Waals surface area contributed by atoms with Gasteiger partial charge in [-0.25, -0.2) is 9.59 Å². The molecule has 2 aliphatic carbocycles. The van der Waals surface area contributed by atoms with E-state index in [9.17, 15) is 9.59 Å². The Morgan fingerprint density at radius 1 is 0.800 bits per heavy atom. The molecule has 4 aliphatic rings. The lowest BCUT2D eigenvalue weighted by Crippen LogP contribution is -2.34. The first kappa shape index (κ1) is 21.7. The van der Waals surface area contributed by atoms with Gasteiger partial charge in [0.1, 0.15) is 13.2 Å². The summed E-state index contributed by atoms with van der Waals surface area (Å²) in [6, 6.07) is 0. The van der Waals surface area contributed by atoms with Crippen LogP contribution in [0.2, 0.25) is 0 Å². The van der Waals surface area contributed by atoms with Crippen LogP contribution in [-0.4, -0.2) is 63.2 Å². The Hall–Kier alpha value is -1.54. The highest BCUT2D eigenvalue weighted by molar-refractivity contribution is 5.62. The Balaban J connectivity index is 1.17. The van der Waals surface area contributed by atoms with Crippen LogP contribution in [0, 0.1) is 11.3 Å². The number of carbonyl (C=O) groups is 2. The van der Waals surface area contributed by atoms with Crippen molar-refractivity contribution in [2.24, 2.45) is 11.3 Å². The summed E-state index contributed by atoms with van der Waals surface area (Å²) in [6.07, 6.45) is 8.99. The number of hydrogen-bond acceptors (Lipinski definition) is 8. The molecule has 30 heavy (non-hydrogen) atoms. The summed E-state index contributed by atoms with van der Waals surface area (Å²) in [5.74, 6) is 0.716. The number of cyclic esters (lactones) is 4. The third-order valence-corrected chi connectivity index (χ3v) is 7.31. The molecule has 2 saturated heterocycles. The first-order chi connectivity index (χ1) is 14.5. The van der Waals surface area contributed by atoms with Crippen molar-refractivity contribution in [1.29, 1.82) is 0 Å². The monoisotopic (exact) mass is 426 g/mol. The van der Waals surface area contributed by atoms with Gasteiger partial charge in [0.2, 0.25) is 0 Å². The highest BCUT2D eigenvalue weighted by Gasteiger charge is 2.39. The van der Waals surface area contributed by atoms with E-state index in [1.54, 1.807) is 0 Å². The molecule has 4 fully saturated rings. The van der Waals surface area contributed by atoms with Crippen LogP contribution in [0.15, 0.2) is 0 Å². The Kier molecular flexibility index (Phi) is 7.03. The largest absolute Gasteiger partial charge is 0.508 e. The van der Waals surface area contributed by atoms with Gasteiger partial charge in [0.25, 0.3) is 0 Å². The maximum Gasteiger partial charge on any atom is 0.508 e. The molecule has 8 nitrogen and oxygen atoms in total. The fraction of sp³-hybridized carbons (Fsp3) is 0.909. The predicted octanol–water partition coefficient (Wildman–Crippen LogP) is 3.99. The zero-order valence-corrected chi connectivity index (χ0v) is 17.8. The minimum Gasteiger partial charge on any atom is -0.430 e. The summed E-state index contributed by atoms with van der Waals surface area (Å²) in [5.41, 5.74) is 0.348. The molecule has 2 aliphatic heterocycles. The fourth-order valence-corrected chi connectivity index (χ4v) is 5.38. The maximum absolute atomic E-state index is 11.0. The first-order valence-corrected chi connectivity index (χ1v) is 11.4. The second kappa shape index (κ2) is 9.73. The molecule has 0 bridgehead atoms. The minimum absolute atomic E-state index is 0.238. The maximum atomic E-state index is 11.0. The third kappa shape index (κ3) is 5.58. The Labute approximate surface area is 177 Å². The predicted molar refractivity (Wildman–Crippen MR) is 105 cm³/mol. The standard InChI is InChI=1S/C22H34O8/c1-22(9-2-3-16(8-10-22)25-11-18-13-27-20(23)29-18)15-4-6-17(7-5-15)26-12-19-14-28-21(24)30-19/h15-19H,2-14H2,1H3. The number of ether oxygens (including phenoxy) is 6. The summed E-state index contributed by atoms with van der Waals surface area (Å²) >= 11 is 0. The average Bonchev–Trinajstić information content (AvgIpc) is 3.30. The molecule has 4 rings (SSSR count). The molecule has 4 unspecified atom stereocenters. The van der Waals surface area contributed by atoms with E-state index in [0.29, 0.717) is 37.8 Å². The smallest absolute Gasteiger partial charge is 0.430 e. The van der Waals surface area contributed by atoms with Gasteiger partial charge in [0.15, 0.2) is 12.2 Å². The fourth-order valence-electron chi connectivity index (χ4n) is 5.38. The third-order valence-electron chi connectivity index (χ3n) is 7.31. The van der Waals surface area contributed by atoms with Gasteiger partial charge >= 0.3 is 12.3 Å². The molecule has 0 N–H and O–H groups in total. The van der Waals surface area contributed by atoms with E-state index >= 15 is 0 Å². The van der Waals surface area contributed by atoms with Crippen LogP contribution >= 0.6 is 0 Å². The topological polar surface area (TPSA) is 89.5 Å². The van der Waals surface area contributed by atoms with E-state index in [1.165, 1.54) is 32.1 Å². The normalized spacial score (nSPS) is 39.6. The summed E-state index contributed by atoms with van der Waals surface area (Å²) in [5, 5.41) is 0. The van der Waals surface area contributed by atoms with Crippen molar-refractivity contribution < 1.29 is 38.0 Å². The van der Waals surface area contributed by atoms with Crippen molar-refractivity contribution in [3.8, 4) is 0 Å². The van der Waals surface area contributed by atoms with Crippen molar-refractivity contribution >= 4 is 12.3 Å². The molecule has 0 aromatic rings. The average molecular weight is 427 g/mol. The first-order valence-electron chi connectivity index (χ1n) is 11.4. The molecule has 8 heteroatoms. The lowest BCUT2D eigenvalue weighted by molar-refractivity contribution is -0.0360. The summed E-state index contributed by atoms with van der Waals surface area (Å²) in [7, 11) is 0. The minimum atomic E-state index is -0.589. The van der Waals surface area contributed by atoms with Gasteiger partial charge in [0, 0.05) is 0 Å². The second-order valence-corrected chi connectivity index (χ2v) is 9.45. The molecule has 2 saturated carbocycles.